The molecule has 0 saturated heterocycles. The van der Waals surface area contributed by atoms with Gasteiger partial charge in [-0.15, -0.1) is 0 Å². The summed E-state index contributed by atoms with van der Waals surface area (Å²) in [5, 5.41) is 0. The van der Waals surface area contributed by atoms with Crippen molar-refractivity contribution < 1.29 is 9.47 Å². The van der Waals surface area contributed by atoms with Crippen LogP contribution in [0.15, 0.2) is 71.2 Å². The first kappa shape index (κ1) is 21.1. The summed E-state index contributed by atoms with van der Waals surface area (Å²) >= 11 is 3.48. The van der Waals surface area contributed by atoms with Crippen molar-refractivity contribution >= 4 is 15.9 Å². The Morgan fingerprint density at radius 3 is 2.37 bits per heavy atom. The zero-order valence-electron chi connectivity index (χ0n) is 17.8. The van der Waals surface area contributed by atoms with Crippen molar-refractivity contribution in [2.24, 2.45) is 0 Å². The van der Waals surface area contributed by atoms with Crippen LogP contribution >= 0.6 is 15.9 Å². The maximum Gasteiger partial charge on any atom is 0.128 e. The third-order valence-electron chi connectivity index (χ3n) is 5.79. The maximum atomic E-state index is 6.14. The van der Waals surface area contributed by atoms with E-state index in [0.717, 1.165) is 21.5 Å². The van der Waals surface area contributed by atoms with E-state index in [2.05, 4.69) is 54.0 Å². The molecule has 4 rings (SSSR count). The highest BCUT2D eigenvalue weighted by atomic mass is 79.9. The number of rotatable bonds is 7. The molecule has 156 valence electrons. The zero-order valence-corrected chi connectivity index (χ0v) is 19.4. The van der Waals surface area contributed by atoms with Gasteiger partial charge in [-0.25, -0.2) is 0 Å². The first-order chi connectivity index (χ1) is 14.5. The lowest BCUT2D eigenvalue weighted by Gasteiger charge is -2.27. The average molecular weight is 465 g/mol. The summed E-state index contributed by atoms with van der Waals surface area (Å²) in [6, 6.07) is 23.0. The lowest BCUT2D eigenvalue weighted by molar-refractivity contribution is 0.0824. The molecule has 0 bridgehead atoms. The quantitative estimate of drug-likeness (QED) is 0.357. The van der Waals surface area contributed by atoms with Gasteiger partial charge >= 0.3 is 0 Å². The summed E-state index contributed by atoms with van der Waals surface area (Å²) < 4.78 is 13.1. The van der Waals surface area contributed by atoms with Gasteiger partial charge in [0.2, 0.25) is 0 Å². The summed E-state index contributed by atoms with van der Waals surface area (Å²) in [5.74, 6) is 1.64. The van der Waals surface area contributed by atoms with E-state index in [4.69, 9.17) is 9.47 Å². The van der Waals surface area contributed by atoms with Gasteiger partial charge in [0.1, 0.15) is 11.5 Å². The SMILES string of the molecule is CC(C)(COCc1cccc(Oc2cccc(Br)c2)c1)c1ccc2c(c1)CCCC2. The van der Waals surface area contributed by atoms with Crippen molar-refractivity contribution in [3.8, 4) is 11.5 Å². The number of hydrogen-bond acceptors (Lipinski definition) is 2. The van der Waals surface area contributed by atoms with Crippen LogP contribution in [0.4, 0.5) is 0 Å². The van der Waals surface area contributed by atoms with E-state index in [9.17, 15) is 0 Å². The lowest BCUT2D eigenvalue weighted by atomic mass is 9.81. The molecule has 3 aromatic carbocycles. The monoisotopic (exact) mass is 464 g/mol. The van der Waals surface area contributed by atoms with E-state index in [0.29, 0.717) is 13.2 Å². The van der Waals surface area contributed by atoms with E-state index in [-0.39, 0.29) is 5.41 Å². The minimum Gasteiger partial charge on any atom is -0.457 e. The number of hydrogen-bond donors (Lipinski definition) is 0. The van der Waals surface area contributed by atoms with Crippen LogP contribution in [0.25, 0.3) is 0 Å². The molecule has 0 atom stereocenters. The molecule has 0 aromatic heterocycles. The highest BCUT2D eigenvalue weighted by Crippen LogP contribution is 2.30. The Morgan fingerprint density at radius 2 is 1.57 bits per heavy atom. The molecule has 0 spiro atoms. The van der Waals surface area contributed by atoms with Gasteiger partial charge < -0.3 is 9.47 Å². The first-order valence-corrected chi connectivity index (χ1v) is 11.5. The molecular weight excluding hydrogens is 436 g/mol. The highest BCUT2D eigenvalue weighted by molar-refractivity contribution is 9.10. The van der Waals surface area contributed by atoms with Gasteiger partial charge in [-0.3, -0.25) is 0 Å². The molecule has 0 unspecified atom stereocenters. The molecule has 3 aromatic rings. The Kier molecular flexibility index (Phi) is 6.60. The molecule has 0 amide bonds. The Morgan fingerprint density at radius 1 is 0.833 bits per heavy atom. The molecule has 0 fully saturated rings. The van der Waals surface area contributed by atoms with Crippen LogP contribution < -0.4 is 4.74 Å². The van der Waals surface area contributed by atoms with Crippen LogP contribution in [0, 0.1) is 0 Å². The van der Waals surface area contributed by atoms with Gasteiger partial charge in [-0.1, -0.05) is 66.2 Å². The van der Waals surface area contributed by atoms with Crippen LogP contribution in [0.3, 0.4) is 0 Å². The van der Waals surface area contributed by atoms with Crippen molar-refractivity contribution in [3.05, 3.63) is 93.5 Å². The summed E-state index contributed by atoms with van der Waals surface area (Å²) in [4.78, 5) is 0. The third kappa shape index (κ3) is 5.33. The highest BCUT2D eigenvalue weighted by Gasteiger charge is 2.22. The van der Waals surface area contributed by atoms with Crippen LogP contribution in [0.2, 0.25) is 0 Å². The summed E-state index contributed by atoms with van der Waals surface area (Å²) in [5.41, 5.74) is 5.53. The fraction of sp³-hybridized carbons (Fsp3) is 0.333. The molecule has 0 radical (unpaired) electrons. The second-order valence-corrected chi connectivity index (χ2v) is 9.69. The van der Waals surface area contributed by atoms with Crippen LogP contribution in [-0.4, -0.2) is 6.61 Å². The van der Waals surface area contributed by atoms with Crippen molar-refractivity contribution in [2.75, 3.05) is 6.61 Å². The topological polar surface area (TPSA) is 18.5 Å². The van der Waals surface area contributed by atoms with Crippen molar-refractivity contribution in [2.45, 2.75) is 51.6 Å². The van der Waals surface area contributed by atoms with Gasteiger partial charge in [0.15, 0.2) is 0 Å². The van der Waals surface area contributed by atoms with E-state index < -0.39 is 0 Å². The predicted octanol–water partition coefficient (Wildman–Crippen LogP) is 7.61. The van der Waals surface area contributed by atoms with E-state index >= 15 is 0 Å². The normalized spacial score (nSPS) is 13.7. The lowest BCUT2D eigenvalue weighted by Crippen LogP contribution is -2.25. The minimum atomic E-state index is -0.0170. The van der Waals surface area contributed by atoms with Crippen LogP contribution in [0.1, 0.15) is 48.9 Å². The number of benzene rings is 3. The molecule has 1 aliphatic carbocycles. The molecular formula is C27H29BrO2. The Hall–Kier alpha value is -2.10. The van der Waals surface area contributed by atoms with Gasteiger partial charge in [-0.05, 0) is 78.3 Å². The predicted molar refractivity (Wildman–Crippen MR) is 126 cm³/mol. The summed E-state index contributed by atoms with van der Waals surface area (Å²) in [7, 11) is 0. The fourth-order valence-electron chi connectivity index (χ4n) is 4.03. The Balaban J connectivity index is 1.36. The summed E-state index contributed by atoms with van der Waals surface area (Å²) in [6.07, 6.45) is 5.07. The van der Waals surface area contributed by atoms with E-state index in [1.54, 1.807) is 0 Å². The minimum absolute atomic E-state index is 0.0170. The first-order valence-electron chi connectivity index (χ1n) is 10.7. The molecule has 3 heteroatoms. The zero-order chi connectivity index (χ0) is 21.0. The van der Waals surface area contributed by atoms with Gasteiger partial charge in [0.05, 0.1) is 13.2 Å². The van der Waals surface area contributed by atoms with E-state index in [1.807, 2.05) is 42.5 Å². The second kappa shape index (κ2) is 9.36. The molecule has 1 aliphatic rings. The number of ether oxygens (including phenoxy) is 2. The molecule has 0 saturated carbocycles. The van der Waals surface area contributed by atoms with Gasteiger partial charge in [-0.2, -0.15) is 0 Å². The van der Waals surface area contributed by atoms with Crippen molar-refractivity contribution in [1.82, 2.24) is 0 Å². The number of fused-ring (bicyclic) bond motifs is 1. The van der Waals surface area contributed by atoms with Gasteiger partial charge in [0.25, 0.3) is 0 Å². The Labute approximate surface area is 188 Å². The third-order valence-corrected chi connectivity index (χ3v) is 6.29. The van der Waals surface area contributed by atoms with E-state index in [1.165, 1.54) is 42.4 Å². The number of aryl methyl sites for hydroxylation is 2. The number of halogens is 1. The van der Waals surface area contributed by atoms with Crippen molar-refractivity contribution in [3.63, 3.8) is 0 Å². The molecule has 0 N–H and O–H groups in total. The molecule has 0 heterocycles. The largest absolute Gasteiger partial charge is 0.457 e. The second-order valence-electron chi connectivity index (χ2n) is 8.77. The average Bonchev–Trinajstić information content (AvgIpc) is 2.73. The molecule has 0 aliphatic heterocycles. The summed E-state index contributed by atoms with van der Waals surface area (Å²) in [6.45, 7) is 5.79. The standard InChI is InChI=1S/C27H29BrO2/c1-27(2,23-14-13-21-8-3-4-9-22(21)16-23)19-29-18-20-7-5-11-25(15-20)30-26-12-6-10-24(28)17-26/h5-7,10-17H,3-4,8-9,18-19H2,1-2H3. The maximum absolute atomic E-state index is 6.14. The van der Waals surface area contributed by atoms with Crippen molar-refractivity contribution in [1.29, 1.82) is 0 Å². The smallest absolute Gasteiger partial charge is 0.128 e. The molecule has 30 heavy (non-hydrogen) atoms. The van der Waals surface area contributed by atoms with Crippen LogP contribution in [-0.2, 0) is 29.6 Å². The molecule has 2 nitrogen and oxygen atoms in total. The Bertz CT molecular complexity index is 1010. The van der Waals surface area contributed by atoms with Crippen LogP contribution in [0.5, 0.6) is 11.5 Å². The van der Waals surface area contributed by atoms with Gasteiger partial charge in [0, 0.05) is 9.89 Å². The fourth-order valence-corrected chi connectivity index (χ4v) is 4.41.